The molecule has 0 unspecified atom stereocenters. The number of anilines is 1. The molecule has 43 heavy (non-hydrogen) atoms. The number of ether oxygens (including phenoxy) is 1. The van der Waals surface area contributed by atoms with Crippen LogP contribution in [0.3, 0.4) is 0 Å². The predicted octanol–water partition coefficient (Wildman–Crippen LogP) is 5.09. The lowest BCUT2D eigenvalue weighted by molar-refractivity contribution is -0.126. The van der Waals surface area contributed by atoms with Crippen molar-refractivity contribution < 1.29 is 18.8 Å². The van der Waals surface area contributed by atoms with E-state index in [2.05, 4.69) is 44.9 Å². The number of fused-ring (bicyclic) bond motifs is 3. The van der Waals surface area contributed by atoms with E-state index in [0.717, 1.165) is 36.8 Å². The average molecular weight is 626 g/mol. The van der Waals surface area contributed by atoms with Crippen LogP contribution in [0.4, 0.5) is 5.82 Å². The Kier molecular flexibility index (Phi) is 7.04. The van der Waals surface area contributed by atoms with Gasteiger partial charge in [-0.15, -0.1) is 0 Å². The first-order valence-corrected chi connectivity index (χ1v) is 15.6. The zero-order valence-corrected chi connectivity index (χ0v) is 25.5. The molecule has 3 aromatic rings. The van der Waals surface area contributed by atoms with Gasteiger partial charge in [-0.1, -0.05) is 60.4 Å². The van der Waals surface area contributed by atoms with Gasteiger partial charge in [0, 0.05) is 22.0 Å². The molecule has 4 aliphatic rings. The Morgan fingerprint density at radius 3 is 2.60 bits per heavy atom. The lowest BCUT2D eigenvalue weighted by Gasteiger charge is -2.50. The van der Waals surface area contributed by atoms with E-state index in [-0.39, 0.29) is 29.4 Å². The van der Waals surface area contributed by atoms with Crippen molar-refractivity contribution in [3.05, 3.63) is 69.9 Å². The van der Waals surface area contributed by atoms with Gasteiger partial charge in [0.25, 0.3) is 0 Å². The Hall–Kier alpha value is -3.05. The summed E-state index contributed by atoms with van der Waals surface area (Å²) in [5, 5.41) is 14.8. The SMILES string of the molecule is CC1(C)CCC2(CC1)N[C@@H](C(=O)N[C@@H]1CC[C@@H](c3ncon3)OC1)[C@H](c1cccc(Cl)c1)[C@]21C(=O)Nc2nc(Cl)ccc21. The van der Waals surface area contributed by atoms with Crippen molar-refractivity contribution in [2.45, 2.75) is 87.4 Å². The van der Waals surface area contributed by atoms with Crippen LogP contribution in [0, 0.1) is 5.41 Å². The molecule has 5 atom stereocenters. The second-order valence-electron chi connectivity index (χ2n) is 13.1. The first-order valence-electron chi connectivity index (χ1n) is 14.8. The van der Waals surface area contributed by atoms with Crippen molar-refractivity contribution >= 4 is 40.8 Å². The van der Waals surface area contributed by atoms with E-state index in [9.17, 15) is 9.59 Å². The summed E-state index contributed by atoms with van der Waals surface area (Å²) in [4.78, 5) is 37.5. The van der Waals surface area contributed by atoms with E-state index in [1.165, 1.54) is 6.39 Å². The van der Waals surface area contributed by atoms with E-state index in [1.807, 2.05) is 24.3 Å². The smallest absolute Gasteiger partial charge is 0.238 e. The highest BCUT2D eigenvalue weighted by Crippen LogP contribution is 2.63. The lowest BCUT2D eigenvalue weighted by Crippen LogP contribution is -2.61. The predicted molar refractivity (Wildman–Crippen MR) is 160 cm³/mol. The van der Waals surface area contributed by atoms with E-state index >= 15 is 0 Å². The fourth-order valence-electron chi connectivity index (χ4n) is 7.94. The molecule has 2 saturated heterocycles. The number of pyridine rings is 1. The Balaban J connectivity index is 1.29. The summed E-state index contributed by atoms with van der Waals surface area (Å²) in [6.07, 6.45) is 5.58. The number of nitrogens with zero attached hydrogens (tertiary/aromatic N) is 3. The van der Waals surface area contributed by atoms with Gasteiger partial charge in [-0.3, -0.25) is 14.9 Å². The van der Waals surface area contributed by atoms with Crippen LogP contribution in [0.1, 0.15) is 81.3 Å². The molecule has 3 fully saturated rings. The molecule has 0 radical (unpaired) electrons. The summed E-state index contributed by atoms with van der Waals surface area (Å²) in [7, 11) is 0. The molecule has 10 nitrogen and oxygen atoms in total. The molecule has 2 spiro atoms. The second kappa shape index (κ2) is 10.5. The van der Waals surface area contributed by atoms with Gasteiger partial charge in [-0.25, -0.2) is 4.98 Å². The maximum atomic E-state index is 14.5. The van der Waals surface area contributed by atoms with E-state index in [0.29, 0.717) is 41.3 Å². The molecule has 2 amide bonds. The minimum atomic E-state index is -1.12. The van der Waals surface area contributed by atoms with Crippen LogP contribution in [-0.4, -0.2) is 51.2 Å². The summed E-state index contributed by atoms with van der Waals surface area (Å²) in [6.45, 7) is 4.83. The van der Waals surface area contributed by atoms with Crippen LogP contribution >= 0.6 is 23.2 Å². The summed E-state index contributed by atoms with van der Waals surface area (Å²) < 4.78 is 10.9. The summed E-state index contributed by atoms with van der Waals surface area (Å²) >= 11 is 12.8. The average Bonchev–Trinajstić information content (AvgIpc) is 3.68. The lowest BCUT2D eigenvalue weighted by atomic mass is 9.53. The molecule has 226 valence electrons. The van der Waals surface area contributed by atoms with Crippen LogP contribution in [0.2, 0.25) is 10.2 Å². The van der Waals surface area contributed by atoms with Gasteiger partial charge in [0.05, 0.1) is 18.7 Å². The van der Waals surface area contributed by atoms with Crippen LogP contribution < -0.4 is 16.0 Å². The standard InChI is InChI=1S/C31H34Cl2N6O4/c1-29(2)10-12-30(13-11-29)31(20-7-9-22(33)36-25(20)37-28(31)41)23(17-4-3-5-18(32)14-17)24(38-30)27(40)35-19-6-8-21(42-15-19)26-34-16-43-39-26/h3-5,7,9,14,16,19,21,23-24,38H,6,8,10-13,15H2,1-2H3,(H,35,40)(H,36,37,41)/t19-,21+,23+,24-,31-/m1/s1. The zero-order valence-electron chi connectivity index (χ0n) is 24.0. The summed E-state index contributed by atoms with van der Waals surface area (Å²) in [6, 6.07) is 10.2. The number of hydrogen-bond donors (Lipinski definition) is 3. The van der Waals surface area contributed by atoms with Crippen molar-refractivity contribution in [1.29, 1.82) is 0 Å². The first kappa shape index (κ1) is 28.7. The van der Waals surface area contributed by atoms with E-state index in [1.54, 1.807) is 12.1 Å². The first-order chi connectivity index (χ1) is 20.6. The molecule has 1 aromatic carbocycles. The Labute approximate surface area is 259 Å². The topological polar surface area (TPSA) is 131 Å². The normalized spacial score (nSPS) is 30.7. The highest BCUT2D eigenvalue weighted by molar-refractivity contribution is 6.30. The number of rotatable bonds is 4. The van der Waals surface area contributed by atoms with Crippen LogP contribution in [0.5, 0.6) is 0 Å². The van der Waals surface area contributed by atoms with Crippen LogP contribution in [0.15, 0.2) is 47.3 Å². The quantitative estimate of drug-likeness (QED) is 0.342. The minimum Gasteiger partial charge on any atom is -0.368 e. The molecule has 5 heterocycles. The third kappa shape index (κ3) is 4.65. The molecule has 1 aliphatic carbocycles. The molecule has 0 bridgehead atoms. The van der Waals surface area contributed by atoms with Gasteiger partial charge in [0.1, 0.15) is 22.5 Å². The minimum absolute atomic E-state index is 0.116. The van der Waals surface area contributed by atoms with Gasteiger partial charge < -0.3 is 19.9 Å². The molecule has 1 saturated carbocycles. The van der Waals surface area contributed by atoms with Crippen molar-refractivity contribution in [3.63, 3.8) is 0 Å². The number of aromatic nitrogens is 3. The summed E-state index contributed by atoms with van der Waals surface area (Å²) in [5.41, 5.74) is -0.120. The fraction of sp³-hybridized carbons (Fsp3) is 0.516. The Morgan fingerprint density at radius 1 is 1.09 bits per heavy atom. The third-order valence-electron chi connectivity index (χ3n) is 10.1. The zero-order chi connectivity index (χ0) is 30.0. The van der Waals surface area contributed by atoms with Crippen molar-refractivity contribution in [2.24, 2.45) is 5.41 Å². The highest BCUT2D eigenvalue weighted by atomic mass is 35.5. The number of amides is 2. The van der Waals surface area contributed by atoms with Crippen LogP contribution in [0.25, 0.3) is 0 Å². The van der Waals surface area contributed by atoms with Gasteiger partial charge in [-0.2, -0.15) is 4.98 Å². The number of benzene rings is 1. The molecule has 3 N–H and O–H groups in total. The second-order valence-corrected chi connectivity index (χ2v) is 13.9. The van der Waals surface area contributed by atoms with Crippen molar-refractivity contribution in [2.75, 3.05) is 11.9 Å². The largest absolute Gasteiger partial charge is 0.368 e. The number of carbonyl (C=O) groups excluding carboxylic acids is 2. The maximum Gasteiger partial charge on any atom is 0.238 e. The van der Waals surface area contributed by atoms with E-state index < -0.39 is 22.9 Å². The monoisotopic (exact) mass is 624 g/mol. The number of hydrogen-bond acceptors (Lipinski definition) is 8. The highest BCUT2D eigenvalue weighted by Gasteiger charge is 2.73. The van der Waals surface area contributed by atoms with Crippen molar-refractivity contribution in [1.82, 2.24) is 25.8 Å². The summed E-state index contributed by atoms with van der Waals surface area (Å²) in [5.74, 6) is 0.0412. The Bertz CT molecular complexity index is 1550. The van der Waals surface area contributed by atoms with Gasteiger partial charge in [0.2, 0.25) is 18.2 Å². The van der Waals surface area contributed by atoms with Crippen molar-refractivity contribution in [3.8, 4) is 0 Å². The number of carbonyl (C=O) groups is 2. The van der Waals surface area contributed by atoms with E-state index in [4.69, 9.17) is 32.5 Å². The molecule has 7 rings (SSSR count). The Morgan fingerprint density at radius 2 is 1.91 bits per heavy atom. The number of nitrogens with one attached hydrogen (secondary N) is 3. The van der Waals surface area contributed by atoms with Gasteiger partial charge in [0.15, 0.2) is 5.82 Å². The molecule has 2 aromatic heterocycles. The molecule has 3 aliphatic heterocycles. The van der Waals surface area contributed by atoms with Crippen LogP contribution in [-0.2, 0) is 19.7 Å². The molecule has 12 heteroatoms. The molecular weight excluding hydrogens is 591 g/mol. The molecular formula is C31H34Cl2N6O4. The van der Waals surface area contributed by atoms with Gasteiger partial charge >= 0.3 is 0 Å². The third-order valence-corrected chi connectivity index (χ3v) is 10.5. The number of halogens is 2. The maximum absolute atomic E-state index is 14.5. The fourth-order valence-corrected chi connectivity index (χ4v) is 8.28. The van der Waals surface area contributed by atoms with Gasteiger partial charge in [-0.05, 0) is 67.7 Å².